The number of likely N-dealkylation sites (tertiary alicyclic amines) is 1. The highest BCUT2D eigenvalue weighted by Crippen LogP contribution is 2.11. The Morgan fingerprint density at radius 2 is 2.33 bits per heavy atom. The van der Waals surface area contributed by atoms with Crippen LogP contribution in [0.5, 0.6) is 0 Å². The molecule has 0 aromatic carbocycles. The van der Waals surface area contributed by atoms with Gasteiger partial charge in [-0.3, -0.25) is 4.84 Å². The maximum Gasteiger partial charge on any atom is 0.341 e. The van der Waals surface area contributed by atoms with E-state index >= 15 is 0 Å². The second kappa shape index (κ2) is 5.52. The Labute approximate surface area is 86.9 Å². The number of rotatable bonds is 4. The van der Waals surface area contributed by atoms with Crippen LogP contribution in [-0.2, 0) is 14.4 Å². The summed E-state index contributed by atoms with van der Waals surface area (Å²) in [4.78, 5) is 27.4. The molecule has 0 radical (unpaired) electrons. The third-order valence-electron chi connectivity index (χ3n) is 2.12. The van der Waals surface area contributed by atoms with Crippen molar-refractivity contribution in [3.05, 3.63) is 0 Å². The number of nitrogens with zero attached hydrogens (tertiary/aromatic N) is 1. The Kier molecular flexibility index (Phi) is 4.32. The minimum absolute atomic E-state index is 0.0511. The van der Waals surface area contributed by atoms with Gasteiger partial charge in [0.25, 0.3) is 0 Å². The molecule has 86 valence electrons. The molecule has 1 atom stereocenters. The van der Waals surface area contributed by atoms with E-state index in [4.69, 9.17) is 9.84 Å². The summed E-state index contributed by atoms with van der Waals surface area (Å²) in [6.07, 6.45) is 0.832. The third kappa shape index (κ3) is 3.72. The number of nitrogens with one attached hydrogen (secondary N) is 1. The molecule has 7 nitrogen and oxygen atoms in total. The average Bonchev–Trinajstić information content (AvgIpc) is 2.65. The van der Waals surface area contributed by atoms with Gasteiger partial charge in [0, 0.05) is 20.2 Å². The molecule has 2 amide bonds. The van der Waals surface area contributed by atoms with Crippen LogP contribution in [0.4, 0.5) is 4.79 Å². The lowest BCUT2D eigenvalue weighted by molar-refractivity contribution is -0.144. The highest BCUT2D eigenvalue weighted by molar-refractivity contribution is 5.74. The topological polar surface area (TPSA) is 88.1 Å². The molecule has 0 aromatic rings. The second-order valence-electron chi connectivity index (χ2n) is 3.18. The van der Waals surface area contributed by atoms with Crippen molar-refractivity contribution in [3.63, 3.8) is 0 Å². The fraction of sp³-hybridized carbons (Fsp3) is 0.750. The summed E-state index contributed by atoms with van der Waals surface area (Å²) >= 11 is 0. The standard InChI is InChI=1S/C8H14N2O5/c1-14-6-2-3-10(4-6)8(13)9-15-5-7(11)12/h6H,2-5H2,1H3,(H,9,13)(H,11,12). The number of carbonyl (C=O) groups excluding carboxylic acids is 1. The van der Waals surface area contributed by atoms with Gasteiger partial charge in [-0.15, -0.1) is 0 Å². The Bertz CT molecular complexity index is 245. The molecule has 1 rings (SSSR count). The first-order chi connectivity index (χ1) is 7.13. The highest BCUT2D eigenvalue weighted by atomic mass is 16.7. The molecule has 1 aliphatic heterocycles. The van der Waals surface area contributed by atoms with Crippen molar-refractivity contribution >= 4 is 12.0 Å². The molecule has 1 heterocycles. The molecule has 1 unspecified atom stereocenters. The van der Waals surface area contributed by atoms with Gasteiger partial charge in [0.2, 0.25) is 0 Å². The molecule has 0 saturated carbocycles. The van der Waals surface area contributed by atoms with Gasteiger partial charge >= 0.3 is 12.0 Å². The maximum absolute atomic E-state index is 11.3. The van der Waals surface area contributed by atoms with Crippen molar-refractivity contribution in [2.24, 2.45) is 0 Å². The summed E-state index contributed by atoms with van der Waals surface area (Å²) in [5, 5.41) is 8.26. The fourth-order valence-electron chi connectivity index (χ4n) is 1.33. The van der Waals surface area contributed by atoms with Gasteiger partial charge in [0.1, 0.15) is 0 Å². The van der Waals surface area contributed by atoms with Crippen LogP contribution in [0.2, 0.25) is 0 Å². The predicted molar refractivity (Wildman–Crippen MR) is 49.1 cm³/mol. The fourth-order valence-corrected chi connectivity index (χ4v) is 1.33. The number of carboxylic acid groups (broad SMARTS) is 1. The number of hydroxylamine groups is 1. The zero-order valence-electron chi connectivity index (χ0n) is 8.43. The number of ether oxygens (including phenoxy) is 1. The first-order valence-electron chi connectivity index (χ1n) is 4.54. The zero-order valence-corrected chi connectivity index (χ0v) is 8.43. The summed E-state index contributed by atoms with van der Waals surface area (Å²) < 4.78 is 5.08. The van der Waals surface area contributed by atoms with Gasteiger partial charge in [-0.1, -0.05) is 0 Å². The van der Waals surface area contributed by atoms with Gasteiger partial charge in [-0.25, -0.2) is 15.1 Å². The van der Waals surface area contributed by atoms with Crippen LogP contribution in [0.1, 0.15) is 6.42 Å². The molecule has 0 spiro atoms. The normalized spacial score (nSPS) is 20.3. The maximum atomic E-state index is 11.3. The summed E-state index contributed by atoms with van der Waals surface area (Å²) in [5.41, 5.74) is 2.05. The predicted octanol–water partition coefficient (Wildman–Crippen LogP) is -0.567. The van der Waals surface area contributed by atoms with Crippen molar-refractivity contribution in [1.82, 2.24) is 10.4 Å². The van der Waals surface area contributed by atoms with Crippen LogP contribution < -0.4 is 5.48 Å². The molecule has 2 N–H and O–H groups in total. The van der Waals surface area contributed by atoms with Crippen molar-refractivity contribution < 1.29 is 24.3 Å². The van der Waals surface area contributed by atoms with Crippen molar-refractivity contribution in [2.45, 2.75) is 12.5 Å². The smallest absolute Gasteiger partial charge is 0.341 e. The quantitative estimate of drug-likeness (QED) is 0.617. The van der Waals surface area contributed by atoms with Gasteiger partial charge in [0.15, 0.2) is 6.61 Å². The lowest BCUT2D eigenvalue weighted by Crippen LogP contribution is -2.39. The zero-order chi connectivity index (χ0) is 11.3. The monoisotopic (exact) mass is 218 g/mol. The Morgan fingerprint density at radius 3 is 2.87 bits per heavy atom. The van der Waals surface area contributed by atoms with Crippen LogP contribution >= 0.6 is 0 Å². The molecule has 1 saturated heterocycles. The first-order valence-corrected chi connectivity index (χ1v) is 4.54. The van der Waals surface area contributed by atoms with E-state index < -0.39 is 18.6 Å². The Morgan fingerprint density at radius 1 is 1.60 bits per heavy atom. The molecular weight excluding hydrogens is 204 g/mol. The average molecular weight is 218 g/mol. The number of methoxy groups -OCH3 is 1. The van der Waals surface area contributed by atoms with E-state index in [-0.39, 0.29) is 6.10 Å². The second-order valence-corrected chi connectivity index (χ2v) is 3.18. The molecule has 15 heavy (non-hydrogen) atoms. The molecule has 0 aromatic heterocycles. The van der Waals surface area contributed by atoms with Gasteiger partial charge in [-0.05, 0) is 6.42 Å². The first kappa shape index (κ1) is 11.7. The summed E-state index contributed by atoms with van der Waals surface area (Å²) in [6, 6.07) is -0.434. The molecule has 0 aliphatic carbocycles. The van der Waals surface area contributed by atoms with Crippen molar-refractivity contribution in [3.8, 4) is 0 Å². The molecular formula is C8H14N2O5. The van der Waals surface area contributed by atoms with Gasteiger partial charge in [-0.2, -0.15) is 0 Å². The van der Waals surface area contributed by atoms with Crippen LogP contribution in [0.3, 0.4) is 0 Å². The number of amides is 2. The van der Waals surface area contributed by atoms with Crippen molar-refractivity contribution in [1.29, 1.82) is 0 Å². The number of aliphatic carboxylic acids is 1. The molecule has 1 fully saturated rings. The lowest BCUT2D eigenvalue weighted by Gasteiger charge is -2.15. The molecule has 1 aliphatic rings. The van der Waals surface area contributed by atoms with E-state index in [0.29, 0.717) is 13.1 Å². The summed E-state index contributed by atoms with van der Waals surface area (Å²) in [6.45, 7) is 0.535. The minimum Gasteiger partial charge on any atom is -0.479 e. The van der Waals surface area contributed by atoms with E-state index in [2.05, 4.69) is 10.3 Å². The van der Waals surface area contributed by atoms with Crippen LogP contribution in [0.25, 0.3) is 0 Å². The van der Waals surface area contributed by atoms with Crippen molar-refractivity contribution in [2.75, 3.05) is 26.8 Å². The highest BCUT2D eigenvalue weighted by Gasteiger charge is 2.25. The number of carbonyl (C=O) groups is 2. The van der Waals surface area contributed by atoms with E-state index in [1.54, 1.807) is 7.11 Å². The lowest BCUT2D eigenvalue weighted by atomic mass is 10.3. The van der Waals surface area contributed by atoms with Crippen LogP contribution in [0, 0.1) is 0 Å². The van der Waals surface area contributed by atoms with Gasteiger partial charge in [0.05, 0.1) is 6.10 Å². The van der Waals surface area contributed by atoms with E-state index in [9.17, 15) is 9.59 Å². The number of carboxylic acids is 1. The minimum atomic E-state index is -1.13. The van der Waals surface area contributed by atoms with Crippen LogP contribution in [0.15, 0.2) is 0 Å². The van der Waals surface area contributed by atoms with Crippen LogP contribution in [-0.4, -0.2) is 54.9 Å². The third-order valence-corrected chi connectivity index (χ3v) is 2.12. The SMILES string of the molecule is COC1CCN(C(=O)NOCC(=O)O)C1. The van der Waals surface area contributed by atoms with E-state index in [1.807, 2.05) is 0 Å². The molecule has 0 bridgehead atoms. The largest absolute Gasteiger partial charge is 0.479 e. The number of urea groups is 1. The van der Waals surface area contributed by atoms with E-state index in [1.165, 1.54) is 4.90 Å². The number of hydrogen-bond acceptors (Lipinski definition) is 4. The van der Waals surface area contributed by atoms with E-state index in [0.717, 1.165) is 6.42 Å². The Hall–Kier alpha value is -1.34. The summed E-state index contributed by atoms with van der Waals surface area (Å²) in [7, 11) is 1.59. The summed E-state index contributed by atoms with van der Waals surface area (Å²) in [5.74, 6) is -1.13. The van der Waals surface area contributed by atoms with Gasteiger partial charge < -0.3 is 14.7 Å². The number of hydrogen-bond donors (Lipinski definition) is 2. The Balaban J connectivity index is 2.20. The molecule has 7 heteroatoms.